The average Bonchev–Trinajstić information content (AvgIpc) is 3.10. The number of methoxy groups -OCH3 is 1. The van der Waals surface area contributed by atoms with Gasteiger partial charge in [-0.05, 0) is 38.1 Å². The van der Waals surface area contributed by atoms with Crippen molar-refractivity contribution in [2.24, 2.45) is 0 Å². The number of ether oxygens (including phenoxy) is 1. The lowest BCUT2D eigenvalue weighted by Crippen LogP contribution is -2.26. The summed E-state index contributed by atoms with van der Waals surface area (Å²) in [5.41, 5.74) is 2.33. The first kappa shape index (κ1) is 19.8. The molecule has 2 heterocycles. The van der Waals surface area contributed by atoms with Crippen molar-refractivity contribution >= 4 is 29.3 Å². The number of hydrogen-bond donors (Lipinski definition) is 1. The Hall–Kier alpha value is -2.94. The number of nitrogens with one attached hydrogen (secondary N) is 1. The van der Waals surface area contributed by atoms with Crippen molar-refractivity contribution < 1.29 is 14.3 Å². The largest absolute Gasteiger partial charge is 0.468 e. The highest BCUT2D eigenvalue weighted by atomic mass is 32.2. The van der Waals surface area contributed by atoms with Crippen LogP contribution in [0.4, 0.5) is 0 Å². The first-order chi connectivity index (χ1) is 13.5. The lowest BCUT2D eigenvalue weighted by molar-refractivity contribution is -0.139. The number of benzene rings is 1. The number of esters is 1. The molecule has 0 aliphatic carbocycles. The molecule has 0 spiro atoms. The molecule has 1 amide bonds. The SMILES string of the molecule is COC(=O)[C@@H](C)Sc1ccc2nnc(CCNC(=O)c3ccc(C)cc3)n2n1. The molecule has 9 heteroatoms. The average molecular weight is 399 g/mol. The van der Waals surface area contributed by atoms with E-state index >= 15 is 0 Å². The number of fused-ring (bicyclic) bond motifs is 1. The minimum Gasteiger partial charge on any atom is -0.468 e. The quantitative estimate of drug-likeness (QED) is 0.480. The molecule has 3 aromatic rings. The number of hydrogen-bond acceptors (Lipinski definition) is 7. The van der Waals surface area contributed by atoms with Gasteiger partial charge < -0.3 is 10.1 Å². The summed E-state index contributed by atoms with van der Waals surface area (Å²) in [4.78, 5) is 23.8. The van der Waals surface area contributed by atoms with Crippen LogP contribution in [0.5, 0.6) is 0 Å². The minimum atomic E-state index is -0.372. The Kier molecular flexibility index (Phi) is 6.25. The third-order valence-electron chi connectivity index (χ3n) is 4.08. The molecular weight excluding hydrogens is 378 g/mol. The van der Waals surface area contributed by atoms with Gasteiger partial charge in [0.15, 0.2) is 11.5 Å². The van der Waals surface area contributed by atoms with Gasteiger partial charge in [0.05, 0.1) is 7.11 Å². The topological polar surface area (TPSA) is 98.5 Å². The number of aryl methyl sites for hydroxylation is 1. The lowest BCUT2D eigenvalue weighted by Gasteiger charge is -2.08. The van der Waals surface area contributed by atoms with Crippen molar-refractivity contribution in [3.63, 3.8) is 0 Å². The Balaban J connectivity index is 1.64. The molecule has 3 rings (SSSR count). The fourth-order valence-corrected chi connectivity index (χ4v) is 3.36. The summed E-state index contributed by atoms with van der Waals surface area (Å²) in [5.74, 6) is 0.187. The second-order valence-electron chi connectivity index (χ2n) is 6.21. The lowest BCUT2D eigenvalue weighted by atomic mass is 10.1. The number of thioether (sulfide) groups is 1. The van der Waals surface area contributed by atoms with Gasteiger partial charge in [0, 0.05) is 18.5 Å². The summed E-state index contributed by atoms with van der Waals surface area (Å²) in [6, 6.07) is 11.0. The van der Waals surface area contributed by atoms with E-state index in [1.165, 1.54) is 18.9 Å². The summed E-state index contributed by atoms with van der Waals surface area (Å²) in [5, 5.41) is 15.9. The molecule has 0 radical (unpaired) electrons. The van der Waals surface area contributed by atoms with Crippen molar-refractivity contribution in [2.45, 2.75) is 30.5 Å². The first-order valence-electron chi connectivity index (χ1n) is 8.78. The molecule has 0 aliphatic rings. The van der Waals surface area contributed by atoms with Gasteiger partial charge in [0.1, 0.15) is 10.3 Å². The molecule has 1 atom stereocenters. The van der Waals surface area contributed by atoms with Gasteiger partial charge >= 0.3 is 5.97 Å². The fraction of sp³-hybridized carbons (Fsp3) is 0.316. The van der Waals surface area contributed by atoms with Crippen molar-refractivity contribution in [2.75, 3.05) is 13.7 Å². The molecule has 0 fully saturated rings. The van der Waals surface area contributed by atoms with Gasteiger partial charge in [0.2, 0.25) is 0 Å². The fourth-order valence-electron chi connectivity index (χ4n) is 2.53. The second kappa shape index (κ2) is 8.83. The number of carbonyl (C=O) groups is 2. The monoisotopic (exact) mass is 399 g/mol. The van der Waals surface area contributed by atoms with E-state index in [2.05, 4.69) is 20.6 Å². The first-order valence-corrected chi connectivity index (χ1v) is 9.66. The molecule has 8 nitrogen and oxygen atoms in total. The van der Waals surface area contributed by atoms with E-state index < -0.39 is 0 Å². The van der Waals surface area contributed by atoms with E-state index in [-0.39, 0.29) is 17.1 Å². The van der Waals surface area contributed by atoms with Gasteiger partial charge in [-0.2, -0.15) is 9.61 Å². The van der Waals surface area contributed by atoms with Gasteiger partial charge in [-0.3, -0.25) is 9.59 Å². The normalized spacial score (nSPS) is 12.0. The third-order valence-corrected chi connectivity index (χ3v) is 5.09. The molecule has 0 aliphatic heterocycles. The number of nitrogens with zero attached hydrogens (tertiary/aromatic N) is 4. The molecular formula is C19H21N5O3S. The van der Waals surface area contributed by atoms with E-state index in [0.717, 1.165) is 5.56 Å². The van der Waals surface area contributed by atoms with Crippen molar-refractivity contribution in [3.05, 3.63) is 53.3 Å². The van der Waals surface area contributed by atoms with Crippen LogP contribution in [-0.2, 0) is 16.0 Å². The predicted molar refractivity (Wildman–Crippen MR) is 105 cm³/mol. The summed E-state index contributed by atoms with van der Waals surface area (Å²) in [7, 11) is 1.36. The zero-order valence-corrected chi connectivity index (χ0v) is 16.7. The maximum Gasteiger partial charge on any atom is 0.318 e. The van der Waals surface area contributed by atoms with Crippen LogP contribution in [-0.4, -0.2) is 50.6 Å². The van der Waals surface area contributed by atoms with Crippen LogP contribution < -0.4 is 5.32 Å². The molecule has 1 N–H and O–H groups in total. The Morgan fingerprint density at radius 3 is 2.64 bits per heavy atom. The van der Waals surface area contributed by atoms with E-state index in [1.54, 1.807) is 35.7 Å². The Morgan fingerprint density at radius 2 is 1.93 bits per heavy atom. The highest BCUT2D eigenvalue weighted by molar-refractivity contribution is 8.00. The molecule has 0 saturated heterocycles. The second-order valence-corrected chi connectivity index (χ2v) is 7.57. The zero-order valence-electron chi connectivity index (χ0n) is 15.9. The van der Waals surface area contributed by atoms with Crippen LogP contribution in [0.1, 0.15) is 28.7 Å². The van der Waals surface area contributed by atoms with Crippen LogP contribution in [0.3, 0.4) is 0 Å². The maximum absolute atomic E-state index is 12.2. The smallest absolute Gasteiger partial charge is 0.318 e. The Labute approximate surface area is 166 Å². The Morgan fingerprint density at radius 1 is 1.18 bits per heavy atom. The molecule has 0 saturated carbocycles. The van der Waals surface area contributed by atoms with Crippen LogP contribution in [0.25, 0.3) is 5.65 Å². The molecule has 146 valence electrons. The van der Waals surface area contributed by atoms with E-state index in [4.69, 9.17) is 4.74 Å². The van der Waals surface area contributed by atoms with Gasteiger partial charge in [-0.15, -0.1) is 10.2 Å². The van der Waals surface area contributed by atoms with Crippen LogP contribution in [0, 0.1) is 6.92 Å². The maximum atomic E-state index is 12.2. The van der Waals surface area contributed by atoms with E-state index in [9.17, 15) is 9.59 Å². The summed E-state index contributed by atoms with van der Waals surface area (Å²) < 4.78 is 6.37. The number of aromatic nitrogens is 4. The van der Waals surface area contributed by atoms with Gasteiger partial charge in [0.25, 0.3) is 5.91 Å². The third kappa shape index (κ3) is 4.66. The van der Waals surface area contributed by atoms with Crippen molar-refractivity contribution in [1.82, 2.24) is 25.1 Å². The number of carbonyl (C=O) groups excluding carboxylic acids is 2. The number of rotatable bonds is 7. The molecule has 0 bridgehead atoms. The summed E-state index contributed by atoms with van der Waals surface area (Å²) >= 11 is 1.30. The van der Waals surface area contributed by atoms with Crippen LogP contribution in [0.15, 0.2) is 41.4 Å². The summed E-state index contributed by atoms with van der Waals surface area (Å²) in [6.45, 7) is 4.14. The molecule has 1 aromatic carbocycles. The number of amides is 1. The summed E-state index contributed by atoms with van der Waals surface area (Å²) in [6.07, 6.45) is 0.479. The van der Waals surface area contributed by atoms with Gasteiger partial charge in [-0.25, -0.2) is 0 Å². The highest BCUT2D eigenvalue weighted by Crippen LogP contribution is 2.22. The molecule has 2 aromatic heterocycles. The standard InChI is InChI=1S/C19H21N5O3S/c1-12-4-6-14(7-5-12)18(25)20-11-10-16-22-21-15-8-9-17(23-24(15)16)28-13(2)19(26)27-3/h4-9,13H,10-11H2,1-3H3,(H,20,25)/t13-/m1/s1. The van der Waals surface area contributed by atoms with Crippen LogP contribution in [0.2, 0.25) is 0 Å². The zero-order chi connectivity index (χ0) is 20.1. The molecule has 28 heavy (non-hydrogen) atoms. The van der Waals surface area contributed by atoms with E-state index in [1.807, 2.05) is 19.1 Å². The minimum absolute atomic E-state index is 0.134. The highest BCUT2D eigenvalue weighted by Gasteiger charge is 2.16. The van der Waals surface area contributed by atoms with Crippen molar-refractivity contribution in [1.29, 1.82) is 0 Å². The molecule has 0 unspecified atom stereocenters. The predicted octanol–water partition coefficient (Wildman–Crippen LogP) is 2.06. The van der Waals surface area contributed by atoms with Crippen molar-refractivity contribution in [3.8, 4) is 0 Å². The van der Waals surface area contributed by atoms with Crippen LogP contribution >= 0.6 is 11.8 Å². The van der Waals surface area contributed by atoms with Gasteiger partial charge in [-0.1, -0.05) is 29.5 Å². The van der Waals surface area contributed by atoms with E-state index in [0.29, 0.717) is 35.0 Å². The Bertz CT molecular complexity index is 987.